The number of hydrogen-bond acceptors (Lipinski definition) is 5. The first kappa shape index (κ1) is 20.6. The van der Waals surface area contributed by atoms with Crippen molar-refractivity contribution in [1.29, 1.82) is 5.26 Å². The fraction of sp³-hybridized carbons (Fsp3) is 0.250. The Kier molecular flexibility index (Phi) is 7.04. The third-order valence-corrected chi connectivity index (χ3v) is 5.54. The smallest absolute Gasteiger partial charge is 0.136 e. The van der Waals surface area contributed by atoms with Gasteiger partial charge < -0.3 is 10.1 Å². The van der Waals surface area contributed by atoms with Gasteiger partial charge in [-0.25, -0.2) is 4.98 Å². The van der Waals surface area contributed by atoms with Crippen LogP contribution in [0.2, 0.25) is 0 Å². The van der Waals surface area contributed by atoms with E-state index in [4.69, 9.17) is 4.74 Å². The Hall–Kier alpha value is -3.10. The van der Waals surface area contributed by atoms with Crippen LogP contribution in [-0.2, 0) is 0 Å². The third-order valence-electron chi connectivity index (χ3n) is 4.66. The number of thiazole rings is 1. The second-order valence-corrected chi connectivity index (χ2v) is 7.74. The van der Waals surface area contributed by atoms with Crippen molar-refractivity contribution in [2.24, 2.45) is 0 Å². The molecule has 0 spiro atoms. The molecule has 4 nitrogen and oxygen atoms in total. The minimum Gasteiger partial charge on any atom is -0.494 e. The van der Waals surface area contributed by atoms with Gasteiger partial charge >= 0.3 is 0 Å². The molecule has 29 heavy (non-hydrogen) atoms. The number of allylic oxidation sites excluding steroid dienone is 1. The Labute approximate surface area is 176 Å². The molecule has 148 valence electrons. The van der Waals surface area contributed by atoms with Gasteiger partial charge in [0.15, 0.2) is 0 Å². The number of anilines is 1. The second-order valence-electron chi connectivity index (χ2n) is 6.88. The Bertz CT molecular complexity index is 1030. The van der Waals surface area contributed by atoms with Crippen LogP contribution in [0.3, 0.4) is 0 Å². The zero-order valence-electron chi connectivity index (χ0n) is 17.0. The summed E-state index contributed by atoms with van der Waals surface area (Å²) in [7, 11) is 0. The molecule has 0 aliphatic heterocycles. The lowest BCUT2D eigenvalue weighted by atomic mass is 10.1. The van der Waals surface area contributed by atoms with E-state index < -0.39 is 0 Å². The van der Waals surface area contributed by atoms with E-state index in [0.717, 1.165) is 42.1 Å². The van der Waals surface area contributed by atoms with E-state index in [1.165, 1.54) is 22.5 Å². The zero-order chi connectivity index (χ0) is 20.6. The first-order valence-corrected chi connectivity index (χ1v) is 10.6. The fourth-order valence-corrected chi connectivity index (χ4v) is 3.50. The first-order valence-electron chi connectivity index (χ1n) is 9.74. The molecule has 3 rings (SSSR count). The minimum absolute atomic E-state index is 0.508. The normalized spacial score (nSPS) is 11.2. The summed E-state index contributed by atoms with van der Waals surface area (Å²) in [6.45, 7) is 7.06. The van der Waals surface area contributed by atoms with Gasteiger partial charge in [0.2, 0.25) is 0 Å². The highest BCUT2D eigenvalue weighted by Gasteiger charge is 2.09. The molecule has 0 saturated carbocycles. The molecule has 1 aromatic heterocycles. The monoisotopic (exact) mass is 403 g/mol. The second kappa shape index (κ2) is 9.90. The molecule has 3 aromatic rings. The van der Waals surface area contributed by atoms with Crippen molar-refractivity contribution in [2.45, 2.75) is 33.6 Å². The van der Waals surface area contributed by atoms with Gasteiger partial charge in [-0.2, -0.15) is 5.26 Å². The van der Waals surface area contributed by atoms with E-state index in [1.54, 1.807) is 6.20 Å². The van der Waals surface area contributed by atoms with E-state index in [0.29, 0.717) is 10.6 Å². The van der Waals surface area contributed by atoms with E-state index in [9.17, 15) is 5.26 Å². The summed E-state index contributed by atoms with van der Waals surface area (Å²) >= 11 is 1.47. The minimum atomic E-state index is 0.508. The van der Waals surface area contributed by atoms with E-state index in [2.05, 4.69) is 55.3 Å². The molecule has 0 saturated heterocycles. The Morgan fingerprint density at radius 1 is 1.17 bits per heavy atom. The van der Waals surface area contributed by atoms with Crippen LogP contribution in [0, 0.1) is 25.2 Å². The molecule has 0 bridgehead atoms. The number of aryl methyl sites for hydroxylation is 2. The summed E-state index contributed by atoms with van der Waals surface area (Å²) in [5, 5.41) is 15.4. The fourth-order valence-electron chi connectivity index (χ4n) is 2.71. The van der Waals surface area contributed by atoms with Gasteiger partial charge in [-0.15, -0.1) is 11.3 Å². The first-order chi connectivity index (χ1) is 14.1. The van der Waals surface area contributed by atoms with Crippen molar-refractivity contribution in [3.8, 4) is 23.1 Å². The van der Waals surface area contributed by atoms with Crippen molar-refractivity contribution in [2.75, 3.05) is 11.9 Å². The highest BCUT2D eigenvalue weighted by atomic mass is 32.1. The molecule has 1 N–H and O–H groups in total. The summed E-state index contributed by atoms with van der Waals surface area (Å²) in [5.74, 6) is 0.853. The van der Waals surface area contributed by atoms with Crippen LogP contribution in [-0.4, -0.2) is 11.6 Å². The van der Waals surface area contributed by atoms with Crippen LogP contribution in [0.4, 0.5) is 5.69 Å². The lowest BCUT2D eigenvalue weighted by molar-refractivity contribution is 0.309. The number of unbranched alkanes of at least 4 members (excludes halogenated alkanes) is 1. The predicted octanol–water partition coefficient (Wildman–Crippen LogP) is 6.58. The average molecular weight is 404 g/mol. The quantitative estimate of drug-likeness (QED) is 0.341. The van der Waals surface area contributed by atoms with Crippen LogP contribution in [0.15, 0.2) is 54.0 Å². The summed E-state index contributed by atoms with van der Waals surface area (Å²) < 4.78 is 5.67. The summed E-state index contributed by atoms with van der Waals surface area (Å²) in [6.07, 6.45) is 3.87. The van der Waals surface area contributed by atoms with Crippen molar-refractivity contribution in [3.63, 3.8) is 0 Å². The van der Waals surface area contributed by atoms with Crippen LogP contribution < -0.4 is 10.1 Å². The topological polar surface area (TPSA) is 57.9 Å². The molecule has 0 unspecified atom stereocenters. The van der Waals surface area contributed by atoms with Crippen LogP contribution >= 0.6 is 11.3 Å². The Morgan fingerprint density at radius 2 is 1.97 bits per heavy atom. The Morgan fingerprint density at radius 3 is 2.66 bits per heavy atom. The predicted molar refractivity (Wildman–Crippen MR) is 121 cm³/mol. The van der Waals surface area contributed by atoms with Crippen LogP contribution in [0.1, 0.15) is 35.9 Å². The SMILES string of the molecule is CCCCOc1ccc(N/C=C(/C#N)c2nc(-c3ccc(C)c(C)c3)cs2)cc1. The van der Waals surface area contributed by atoms with Gasteiger partial charge in [-0.3, -0.25) is 0 Å². The molecule has 0 fully saturated rings. The van der Waals surface area contributed by atoms with Gasteiger partial charge in [-0.05, 0) is 61.7 Å². The number of benzene rings is 2. The number of hydrogen-bond donors (Lipinski definition) is 1. The average Bonchev–Trinajstić information content (AvgIpc) is 3.22. The van der Waals surface area contributed by atoms with Gasteiger partial charge in [0, 0.05) is 22.8 Å². The van der Waals surface area contributed by atoms with E-state index >= 15 is 0 Å². The van der Waals surface area contributed by atoms with Gasteiger partial charge in [0.1, 0.15) is 22.4 Å². The number of nitrogens with one attached hydrogen (secondary N) is 1. The standard InChI is InChI=1S/C24H25N3OS/c1-4-5-12-28-22-10-8-21(9-11-22)26-15-20(14-25)24-27-23(16-29-24)19-7-6-17(2)18(3)13-19/h6-11,13,15-16,26H,4-5,12H2,1-3H3/b20-15-. The number of aromatic nitrogens is 1. The molecule has 0 radical (unpaired) electrons. The van der Waals surface area contributed by atoms with Crippen LogP contribution in [0.25, 0.3) is 16.8 Å². The van der Waals surface area contributed by atoms with Crippen LogP contribution in [0.5, 0.6) is 5.75 Å². The zero-order valence-corrected chi connectivity index (χ0v) is 17.8. The molecule has 5 heteroatoms. The van der Waals surface area contributed by atoms with Gasteiger partial charge in [-0.1, -0.05) is 25.5 Å². The van der Waals surface area contributed by atoms with Crippen molar-refractivity contribution in [3.05, 3.63) is 70.2 Å². The highest BCUT2D eigenvalue weighted by molar-refractivity contribution is 7.11. The van der Waals surface area contributed by atoms with Gasteiger partial charge in [0.05, 0.1) is 12.3 Å². The molecule has 0 aliphatic carbocycles. The molecule has 0 amide bonds. The summed E-state index contributed by atoms with van der Waals surface area (Å²) in [5.41, 5.74) is 5.85. The van der Waals surface area contributed by atoms with Gasteiger partial charge in [0.25, 0.3) is 0 Å². The largest absolute Gasteiger partial charge is 0.494 e. The number of nitriles is 1. The molecular formula is C24H25N3OS. The Balaban J connectivity index is 1.69. The summed E-state index contributed by atoms with van der Waals surface area (Å²) in [4.78, 5) is 4.66. The lowest BCUT2D eigenvalue weighted by Crippen LogP contribution is -1.96. The number of rotatable bonds is 8. The van der Waals surface area contributed by atoms with E-state index in [-0.39, 0.29) is 0 Å². The van der Waals surface area contributed by atoms with E-state index in [1.807, 2.05) is 29.6 Å². The molecular weight excluding hydrogens is 378 g/mol. The third kappa shape index (κ3) is 5.46. The maximum atomic E-state index is 9.57. The maximum Gasteiger partial charge on any atom is 0.136 e. The maximum absolute atomic E-state index is 9.57. The van der Waals surface area contributed by atoms with Crippen molar-refractivity contribution < 1.29 is 4.74 Å². The number of nitrogens with zero attached hydrogens (tertiary/aromatic N) is 2. The molecule has 0 aliphatic rings. The molecule has 0 atom stereocenters. The molecule has 2 aromatic carbocycles. The lowest BCUT2D eigenvalue weighted by Gasteiger charge is -2.06. The molecule has 1 heterocycles. The summed E-state index contributed by atoms with van der Waals surface area (Å²) in [6, 6.07) is 16.3. The highest BCUT2D eigenvalue weighted by Crippen LogP contribution is 2.27. The van der Waals surface area contributed by atoms with Crippen molar-refractivity contribution >= 4 is 22.6 Å². The number of ether oxygens (including phenoxy) is 1. The van der Waals surface area contributed by atoms with Crippen molar-refractivity contribution in [1.82, 2.24) is 4.98 Å².